The van der Waals surface area contributed by atoms with Crippen molar-refractivity contribution in [2.24, 2.45) is 0 Å². The van der Waals surface area contributed by atoms with E-state index >= 15 is 0 Å². The lowest BCUT2D eigenvalue weighted by Crippen LogP contribution is -2.50. The van der Waals surface area contributed by atoms with Crippen molar-refractivity contribution in [1.82, 2.24) is 4.90 Å². The monoisotopic (exact) mass is 474 g/mol. The SMILES string of the molecule is Cc1ccc(N2CCCN(C(C)c3ccccc3)C2=O)c(NS(=O)(=O)c2ccccc2C#N)c1. The second kappa shape index (κ2) is 9.57. The number of hydrogen-bond donors (Lipinski definition) is 1. The van der Waals surface area contributed by atoms with Gasteiger partial charge in [0.05, 0.1) is 23.0 Å². The zero-order valence-electron chi connectivity index (χ0n) is 19.1. The minimum atomic E-state index is -4.05. The van der Waals surface area contributed by atoms with Crippen molar-refractivity contribution in [3.05, 3.63) is 89.5 Å². The summed E-state index contributed by atoms with van der Waals surface area (Å²) in [5.41, 5.74) is 2.72. The van der Waals surface area contributed by atoms with E-state index in [1.807, 2.05) is 61.2 Å². The largest absolute Gasteiger partial charge is 0.325 e. The van der Waals surface area contributed by atoms with Crippen LogP contribution in [-0.2, 0) is 10.0 Å². The van der Waals surface area contributed by atoms with Crippen molar-refractivity contribution in [3.8, 4) is 6.07 Å². The van der Waals surface area contributed by atoms with Crippen LogP contribution in [0.1, 0.15) is 36.1 Å². The average Bonchev–Trinajstić information content (AvgIpc) is 2.84. The molecule has 4 rings (SSSR count). The molecule has 0 aliphatic carbocycles. The first kappa shape index (κ1) is 23.3. The minimum absolute atomic E-state index is 0.0566. The summed E-state index contributed by atoms with van der Waals surface area (Å²) in [6.45, 7) is 4.94. The van der Waals surface area contributed by atoms with Gasteiger partial charge in [-0.25, -0.2) is 13.2 Å². The van der Waals surface area contributed by atoms with E-state index in [1.165, 1.54) is 12.1 Å². The van der Waals surface area contributed by atoms with Crippen LogP contribution in [0.5, 0.6) is 0 Å². The fraction of sp³-hybridized carbons (Fsp3) is 0.231. The molecule has 1 aliphatic heterocycles. The van der Waals surface area contributed by atoms with E-state index in [0.29, 0.717) is 24.5 Å². The Kier molecular flexibility index (Phi) is 6.57. The highest BCUT2D eigenvalue weighted by Gasteiger charge is 2.32. The minimum Gasteiger partial charge on any atom is -0.318 e. The molecule has 2 amide bonds. The number of nitriles is 1. The molecule has 3 aromatic carbocycles. The molecule has 174 valence electrons. The summed E-state index contributed by atoms with van der Waals surface area (Å²) in [5, 5.41) is 9.36. The topological polar surface area (TPSA) is 93.5 Å². The third-order valence-electron chi connectivity index (χ3n) is 5.99. The van der Waals surface area contributed by atoms with Gasteiger partial charge in [-0.15, -0.1) is 0 Å². The molecule has 0 aromatic heterocycles. The fourth-order valence-corrected chi connectivity index (χ4v) is 5.42. The molecule has 1 fully saturated rings. The number of rotatable bonds is 6. The molecule has 8 heteroatoms. The summed E-state index contributed by atoms with van der Waals surface area (Å²) in [7, 11) is -4.05. The van der Waals surface area contributed by atoms with E-state index in [9.17, 15) is 18.5 Å². The Morgan fingerprint density at radius 2 is 1.71 bits per heavy atom. The molecule has 34 heavy (non-hydrogen) atoms. The highest BCUT2D eigenvalue weighted by molar-refractivity contribution is 7.92. The lowest BCUT2D eigenvalue weighted by atomic mass is 10.1. The number of carbonyl (C=O) groups excluding carboxylic acids is 1. The number of amides is 2. The summed E-state index contributed by atoms with van der Waals surface area (Å²) in [5.74, 6) is 0. The van der Waals surface area contributed by atoms with Crippen molar-refractivity contribution >= 4 is 27.4 Å². The second-order valence-electron chi connectivity index (χ2n) is 8.30. The molecular formula is C26H26N4O3S. The summed E-state index contributed by atoms with van der Waals surface area (Å²) < 4.78 is 29.0. The van der Waals surface area contributed by atoms with Crippen LogP contribution in [0.15, 0.2) is 77.7 Å². The smallest absolute Gasteiger partial charge is 0.318 e. The molecule has 0 spiro atoms. The zero-order chi connectivity index (χ0) is 24.3. The van der Waals surface area contributed by atoms with E-state index in [-0.39, 0.29) is 22.5 Å². The molecule has 7 nitrogen and oxygen atoms in total. The molecule has 1 heterocycles. The molecule has 0 radical (unpaired) electrons. The molecular weight excluding hydrogens is 448 g/mol. The van der Waals surface area contributed by atoms with Gasteiger partial charge in [-0.2, -0.15) is 5.26 Å². The average molecular weight is 475 g/mol. The van der Waals surface area contributed by atoms with Gasteiger partial charge < -0.3 is 4.90 Å². The van der Waals surface area contributed by atoms with Gasteiger partial charge in [0, 0.05) is 13.1 Å². The van der Waals surface area contributed by atoms with Crippen molar-refractivity contribution in [2.45, 2.75) is 31.2 Å². The molecule has 0 bridgehead atoms. The summed E-state index contributed by atoms with van der Waals surface area (Å²) >= 11 is 0. The van der Waals surface area contributed by atoms with Crippen LogP contribution in [0.25, 0.3) is 0 Å². The second-order valence-corrected chi connectivity index (χ2v) is 9.95. The maximum Gasteiger partial charge on any atom is 0.325 e. The maximum absolute atomic E-state index is 13.5. The first-order valence-electron chi connectivity index (χ1n) is 11.1. The van der Waals surface area contributed by atoms with E-state index in [0.717, 1.165) is 17.5 Å². The number of hydrogen-bond acceptors (Lipinski definition) is 4. The van der Waals surface area contributed by atoms with Crippen LogP contribution in [0, 0.1) is 18.3 Å². The fourth-order valence-electron chi connectivity index (χ4n) is 4.20. The standard InChI is InChI=1S/C26H26N4O3S/c1-19-13-14-24(23(17-19)28-34(32,33)25-12-7-6-11-22(25)18-27)30-16-8-15-29(26(30)31)20(2)21-9-4-3-5-10-21/h3-7,9-14,17,20,28H,8,15-16H2,1-2H3. The highest BCUT2D eigenvalue weighted by Crippen LogP contribution is 2.34. The Hall–Kier alpha value is -3.83. The van der Waals surface area contributed by atoms with Crippen LogP contribution in [0.2, 0.25) is 0 Å². The molecule has 1 saturated heterocycles. The summed E-state index contributed by atoms with van der Waals surface area (Å²) in [6.07, 6.45) is 0.750. The Labute approximate surface area is 200 Å². The Morgan fingerprint density at radius 3 is 2.44 bits per heavy atom. The summed E-state index contributed by atoms with van der Waals surface area (Å²) in [6, 6.07) is 22.8. The van der Waals surface area contributed by atoms with E-state index in [1.54, 1.807) is 29.2 Å². The van der Waals surface area contributed by atoms with E-state index in [2.05, 4.69) is 4.72 Å². The van der Waals surface area contributed by atoms with Crippen molar-refractivity contribution in [2.75, 3.05) is 22.7 Å². The van der Waals surface area contributed by atoms with Gasteiger partial charge in [-0.1, -0.05) is 48.5 Å². The van der Waals surface area contributed by atoms with Gasteiger partial charge in [0.1, 0.15) is 11.0 Å². The lowest BCUT2D eigenvalue weighted by Gasteiger charge is -2.39. The molecule has 1 N–H and O–H groups in total. The number of aryl methyl sites for hydroxylation is 1. The Balaban J connectivity index is 1.68. The van der Waals surface area contributed by atoms with E-state index in [4.69, 9.17) is 0 Å². The van der Waals surface area contributed by atoms with Gasteiger partial charge >= 0.3 is 6.03 Å². The van der Waals surface area contributed by atoms with Crippen molar-refractivity contribution in [3.63, 3.8) is 0 Å². The number of sulfonamides is 1. The quantitative estimate of drug-likeness (QED) is 0.540. The predicted octanol–water partition coefficient (Wildman–Crippen LogP) is 5.06. The molecule has 0 saturated carbocycles. The number of urea groups is 1. The van der Waals surface area contributed by atoms with Crippen LogP contribution in [0.3, 0.4) is 0 Å². The Bertz CT molecular complexity index is 1350. The normalized spacial score (nSPS) is 15.0. The van der Waals surface area contributed by atoms with Crippen LogP contribution in [-0.4, -0.2) is 32.4 Å². The van der Waals surface area contributed by atoms with Crippen molar-refractivity contribution in [1.29, 1.82) is 5.26 Å². The molecule has 3 aromatic rings. The lowest BCUT2D eigenvalue weighted by molar-refractivity contribution is 0.175. The van der Waals surface area contributed by atoms with Gasteiger partial charge in [-0.3, -0.25) is 9.62 Å². The van der Waals surface area contributed by atoms with Gasteiger partial charge in [0.2, 0.25) is 0 Å². The molecule has 1 atom stereocenters. The van der Waals surface area contributed by atoms with Crippen LogP contribution < -0.4 is 9.62 Å². The predicted molar refractivity (Wildman–Crippen MR) is 132 cm³/mol. The maximum atomic E-state index is 13.5. The van der Waals surface area contributed by atoms with Crippen molar-refractivity contribution < 1.29 is 13.2 Å². The number of nitrogens with one attached hydrogen (secondary N) is 1. The first-order valence-corrected chi connectivity index (χ1v) is 12.6. The first-order chi connectivity index (χ1) is 16.3. The molecule has 1 aliphatic rings. The Morgan fingerprint density at radius 1 is 1.00 bits per heavy atom. The number of benzene rings is 3. The van der Waals surface area contributed by atoms with Crippen LogP contribution in [0.4, 0.5) is 16.2 Å². The number of carbonyl (C=O) groups is 1. The number of nitrogens with zero attached hydrogens (tertiary/aromatic N) is 3. The third-order valence-corrected chi connectivity index (χ3v) is 7.41. The van der Waals surface area contributed by atoms with Gasteiger partial charge in [0.15, 0.2) is 0 Å². The number of anilines is 2. The van der Waals surface area contributed by atoms with Crippen LogP contribution >= 0.6 is 0 Å². The highest BCUT2D eigenvalue weighted by atomic mass is 32.2. The van der Waals surface area contributed by atoms with E-state index < -0.39 is 10.0 Å². The third kappa shape index (κ3) is 4.61. The van der Waals surface area contributed by atoms with Gasteiger partial charge in [-0.05, 0) is 55.7 Å². The summed E-state index contributed by atoms with van der Waals surface area (Å²) in [4.78, 5) is 16.9. The van der Waals surface area contributed by atoms with Gasteiger partial charge in [0.25, 0.3) is 10.0 Å². The zero-order valence-corrected chi connectivity index (χ0v) is 19.9. The molecule has 1 unspecified atom stereocenters.